The number of unbranched alkanes of at least 4 members (excludes halogenated alkanes) is 2. The largest absolute Gasteiger partial charge is 0.396 e. The summed E-state index contributed by atoms with van der Waals surface area (Å²) < 4.78 is 0. The number of hydrogen-bond donors (Lipinski definition) is 1. The van der Waals surface area contributed by atoms with Crippen LogP contribution in [0.25, 0.3) is 0 Å². The van der Waals surface area contributed by atoms with Crippen molar-refractivity contribution in [3.8, 4) is 0 Å². The van der Waals surface area contributed by atoms with E-state index in [4.69, 9.17) is 51.5 Å². The Morgan fingerprint density at radius 3 is 1.67 bits per heavy atom. The van der Waals surface area contributed by atoms with Gasteiger partial charge in [-0.3, -0.25) is 14.5 Å². The summed E-state index contributed by atoms with van der Waals surface area (Å²) in [6.07, 6.45) is 1.90. The van der Waals surface area contributed by atoms with Crippen molar-refractivity contribution in [3.05, 3.63) is 31.2 Å². The molecule has 21 heavy (non-hydrogen) atoms. The van der Waals surface area contributed by atoms with Crippen LogP contribution >= 0.6 is 46.4 Å². The Kier molecular flexibility index (Phi) is 5.38. The first-order chi connectivity index (χ1) is 9.91. The van der Waals surface area contributed by atoms with Crippen LogP contribution in [0.3, 0.4) is 0 Å². The SMILES string of the molecule is O=C1c2c(Cl)c(Cl)c(Cl)c(Cl)c2C(=O)N1CCCCCO. The molecule has 0 bridgehead atoms. The van der Waals surface area contributed by atoms with Gasteiger partial charge in [-0.2, -0.15) is 0 Å². The molecule has 1 aromatic carbocycles. The van der Waals surface area contributed by atoms with Gasteiger partial charge in [-0.05, 0) is 19.3 Å². The Morgan fingerprint density at radius 1 is 0.762 bits per heavy atom. The lowest BCUT2D eigenvalue weighted by atomic mass is 10.1. The third kappa shape index (κ3) is 2.88. The fourth-order valence-electron chi connectivity index (χ4n) is 2.16. The highest BCUT2D eigenvalue weighted by atomic mass is 35.5. The van der Waals surface area contributed by atoms with Gasteiger partial charge in [-0.15, -0.1) is 0 Å². The number of nitrogens with zero attached hydrogens (tertiary/aromatic N) is 1. The molecule has 1 aliphatic heterocycles. The molecule has 0 aromatic heterocycles. The molecule has 0 saturated heterocycles. The maximum Gasteiger partial charge on any atom is 0.263 e. The molecule has 1 aromatic rings. The zero-order valence-corrected chi connectivity index (χ0v) is 13.8. The second-order valence-corrected chi connectivity index (χ2v) is 6.06. The normalized spacial score (nSPS) is 14.0. The van der Waals surface area contributed by atoms with Crippen LogP contribution in [-0.2, 0) is 0 Å². The van der Waals surface area contributed by atoms with Crippen molar-refractivity contribution in [1.82, 2.24) is 4.90 Å². The average Bonchev–Trinajstić information content (AvgIpc) is 2.71. The van der Waals surface area contributed by atoms with Crippen molar-refractivity contribution in [3.63, 3.8) is 0 Å². The van der Waals surface area contributed by atoms with Crippen LogP contribution in [0.2, 0.25) is 20.1 Å². The third-order valence-electron chi connectivity index (χ3n) is 3.22. The topological polar surface area (TPSA) is 57.6 Å². The lowest BCUT2D eigenvalue weighted by Crippen LogP contribution is -2.30. The number of amides is 2. The second-order valence-electron chi connectivity index (χ2n) is 4.55. The number of aliphatic hydroxyl groups excluding tert-OH is 1. The summed E-state index contributed by atoms with van der Waals surface area (Å²) >= 11 is 23.9. The molecule has 0 saturated carbocycles. The molecular formula is C13H11Cl4NO3. The first kappa shape index (κ1) is 16.8. The molecule has 0 aliphatic carbocycles. The summed E-state index contributed by atoms with van der Waals surface area (Å²) in [6, 6.07) is 0. The number of benzene rings is 1. The lowest BCUT2D eigenvalue weighted by Gasteiger charge is -2.13. The summed E-state index contributed by atoms with van der Waals surface area (Å²) in [6.45, 7) is 0.305. The van der Waals surface area contributed by atoms with Gasteiger partial charge in [0.2, 0.25) is 0 Å². The van der Waals surface area contributed by atoms with E-state index in [0.29, 0.717) is 19.3 Å². The minimum atomic E-state index is -0.524. The van der Waals surface area contributed by atoms with E-state index < -0.39 is 11.8 Å². The lowest BCUT2D eigenvalue weighted by molar-refractivity contribution is 0.0651. The first-order valence-corrected chi connectivity index (χ1v) is 7.76. The van der Waals surface area contributed by atoms with Gasteiger partial charge in [0.15, 0.2) is 0 Å². The molecule has 0 fully saturated rings. The molecule has 0 radical (unpaired) electrons. The van der Waals surface area contributed by atoms with Gasteiger partial charge in [0, 0.05) is 13.2 Å². The summed E-state index contributed by atoms with van der Waals surface area (Å²) in [4.78, 5) is 25.7. The molecule has 4 nitrogen and oxygen atoms in total. The number of rotatable bonds is 5. The number of carbonyl (C=O) groups is 2. The predicted octanol–water partition coefficient (Wildman–Crippen LogP) is 4.06. The smallest absolute Gasteiger partial charge is 0.263 e. The van der Waals surface area contributed by atoms with E-state index in [1.54, 1.807) is 0 Å². The standard InChI is InChI=1S/C13H11Cl4NO3/c14-8-6-7(9(15)11(17)10(8)16)13(21)18(12(6)20)4-2-1-3-5-19/h19H,1-5H2. The molecule has 0 unspecified atom stereocenters. The molecule has 0 atom stereocenters. The van der Waals surface area contributed by atoms with Crippen LogP contribution in [0, 0.1) is 0 Å². The van der Waals surface area contributed by atoms with Gasteiger partial charge in [0.05, 0.1) is 31.2 Å². The van der Waals surface area contributed by atoms with Crippen LogP contribution in [0.1, 0.15) is 40.0 Å². The molecule has 2 rings (SSSR count). The fraction of sp³-hybridized carbons (Fsp3) is 0.385. The van der Waals surface area contributed by atoms with Gasteiger partial charge in [0.1, 0.15) is 0 Å². The molecular weight excluding hydrogens is 360 g/mol. The molecule has 1 N–H and O–H groups in total. The maximum absolute atomic E-state index is 12.3. The molecule has 0 spiro atoms. The molecule has 114 valence electrons. The summed E-state index contributed by atoms with van der Waals surface area (Å²) in [5.41, 5.74) is 0.00597. The Balaban J connectivity index is 2.34. The Hall–Kier alpha value is -0.520. The van der Waals surface area contributed by atoms with Crippen LogP contribution in [0.4, 0.5) is 0 Å². The van der Waals surface area contributed by atoms with Gasteiger partial charge in [-0.25, -0.2) is 0 Å². The number of hydrogen-bond acceptors (Lipinski definition) is 3. The molecule has 2 amide bonds. The van der Waals surface area contributed by atoms with E-state index in [1.807, 2.05) is 0 Å². The van der Waals surface area contributed by atoms with E-state index >= 15 is 0 Å². The Bertz CT molecular complexity index is 571. The van der Waals surface area contributed by atoms with Gasteiger partial charge < -0.3 is 5.11 Å². The molecule has 1 aliphatic rings. The summed E-state index contributed by atoms with van der Waals surface area (Å²) in [5, 5.41) is 8.54. The van der Waals surface area contributed by atoms with E-state index in [2.05, 4.69) is 0 Å². The Labute approximate surface area is 141 Å². The zero-order valence-electron chi connectivity index (χ0n) is 10.8. The molecule has 1 heterocycles. The van der Waals surface area contributed by atoms with E-state index in [9.17, 15) is 9.59 Å². The number of fused-ring (bicyclic) bond motifs is 1. The quantitative estimate of drug-likeness (QED) is 0.368. The van der Waals surface area contributed by atoms with Crippen LogP contribution in [-0.4, -0.2) is 35.0 Å². The van der Waals surface area contributed by atoms with Crippen molar-refractivity contribution in [1.29, 1.82) is 0 Å². The van der Waals surface area contributed by atoms with E-state index in [1.165, 1.54) is 0 Å². The van der Waals surface area contributed by atoms with Crippen molar-refractivity contribution in [2.24, 2.45) is 0 Å². The van der Waals surface area contributed by atoms with Crippen LogP contribution < -0.4 is 0 Å². The van der Waals surface area contributed by atoms with Gasteiger partial charge in [0.25, 0.3) is 11.8 Å². The van der Waals surface area contributed by atoms with Crippen molar-refractivity contribution >= 4 is 58.2 Å². The average molecular weight is 371 g/mol. The second kappa shape index (κ2) is 6.71. The number of aliphatic hydroxyl groups is 1. The minimum Gasteiger partial charge on any atom is -0.396 e. The summed E-state index contributed by atoms with van der Waals surface area (Å²) in [5.74, 6) is -1.05. The minimum absolute atomic E-state index is 0.00299. The van der Waals surface area contributed by atoms with Crippen molar-refractivity contribution < 1.29 is 14.7 Å². The third-order valence-corrected chi connectivity index (χ3v) is 5.03. The highest BCUT2D eigenvalue weighted by Gasteiger charge is 2.41. The van der Waals surface area contributed by atoms with E-state index in [-0.39, 0.29) is 44.4 Å². The van der Waals surface area contributed by atoms with Gasteiger partial charge in [-0.1, -0.05) is 46.4 Å². The first-order valence-electron chi connectivity index (χ1n) is 6.24. The predicted molar refractivity (Wildman–Crippen MR) is 82.8 cm³/mol. The van der Waals surface area contributed by atoms with Crippen molar-refractivity contribution in [2.75, 3.05) is 13.2 Å². The highest BCUT2D eigenvalue weighted by Crippen LogP contribution is 2.44. The monoisotopic (exact) mass is 369 g/mol. The van der Waals surface area contributed by atoms with Crippen molar-refractivity contribution in [2.45, 2.75) is 19.3 Å². The zero-order chi connectivity index (χ0) is 15.7. The number of carbonyl (C=O) groups excluding carboxylic acids is 2. The van der Waals surface area contributed by atoms with E-state index in [0.717, 1.165) is 4.90 Å². The maximum atomic E-state index is 12.3. The van der Waals surface area contributed by atoms with Gasteiger partial charge >= 0.3 is 0 Å². The van der Waals surface area contributed by atoms with Crippen LogP contribution in [0.5, 0.6) is 0 Å². The molecule has 8 heteroatoms. The van der Waals surface area contributed by atoms with Crippen LogP contribution in [0.15, 0.2) is 0 Å². The highest BCUT2D eigenvalue weighted by molar-refractivity contribution is 6.55. The number of halogens is 4. The summed E-state index contributed by atoms with van der Waals surface area (Å²) in [7, 11) is 0. The number of imide groups is 1. The Morgan fingerprint density at radius 2 is 1.24 bits per heavy atom. The fourth-order valence-corrected chi connectivity index (χ4v) is 3.17.